The van der Waals surface area contributed by atoms with Crippen LogP contribution in [0.25, 0.3) is 0 Å². The summed E-state index contributed by atoms with van der Waals surface area (Å²) in [7, 11) is 2.23. The molecule has 0 aliphatic carbocycles. The molecule has 1 heterocycles. The summed E-state index contributed by atoms with van der Waals surface area (Å²) in [6, 6.07) is 0.663. The molecular formula is C12H26N2O. The van der Waals surface area contributed by atoms with Gasteiger partial charge < -0.3 is 15.4 Å². The fourth-order valence-electron chi connectivity index (χ4n) is 2.15. The highest BCUT2D eigenvalue weighted by molar-refractivity contribution is 4.71. The summed E-state index contributed by atoms with van der Waals surface area (Å²) in [5.74, 6) is 0.837. The van der Waals surface area contributed by atoms with Crippen molar-refractivity contribution < 1.29 is 4.74 Å². The molecule has 1 aliphatic heterocycles. The molecule has 90 valence electrons. The number of nitrogens with two attached hydrogens (primary N) is 1. The third-order valence-electron chi connectivity index (χ3n) is 3.47. The maximum Gasteiger partial charge on any atom is 0.0469 e. The van der Waals surface area contributed by atoms with Crippen LogP contribution in [0.5, 0.6) is 0 Å². The second kappa shape index (κ2) is 7.20. The Bertz CT molecular complexity index is 158. The van der Waals surface area contributed by atoms with Crippen LogP contribution in [0, 0.1) is 5.92 Å². The summed E-state index contributed by atoms with van der Waals surface area (Å²) in [6.45, 7) is 6.24. The lowest BCUT2D eigenvalue weighted by atomic mass is 9.99. The number of nitrogens with zero attached hydrogens (tertiary/aromatic N) is 1. The van der Waals surface area contributed by atoms with Crippen molar-refractivity contribution in [3.05, 3.63) is 0 Å². The molecule has 3 heteroatoms. The van der Waals surface area contributed by atoms with Gasteiger partial charge in [0.05, 0.1) is 0 Å². The van der Waals surface area contributed by atoms with Crippen molar-refractivity contribution in [3.63, 3.8) is 0 Å². The highest BCUT2D eigenvalue weighted by atomic mass is 16.5. The second-order valence-corrected chi connectivity index (χ2v) is 4.78. The minimum Gasteiger partial charge on any atom is -0.381 e. The topological polar surface area (TPSA) is 38.5 Å². The van der Waals surface area contributed by atoms with E-state index < -0.39 is 0 Å². The first-order valence-electron chi connectivity index (χ1n) is 6.22. The molecule has 1 rings (SSSR count). The van der Waals surface area contributed by atoms with Crippen LogP contribution < -0.4 is 5.73 Å². The van der Waals surface area contributed by atoms with Crippen molar-refractivity contribution in [2.24, 2.45) is 11.7 Å². The Morgan fingerprint density at radius 2 is 2.07 bits per heavy atom. The highest BCUT2D eigenvalue weighted by Crippen LogP contribution is 2.17. The van der Waals surface area contributed by atoms with E-state index in [0.29, 0.717) is 6.04 Å². The molecule has 15 heavy (non-hydrogen) atoms. The average molecular weight is 214 g/mol. The lowest BCUT2D eigenvalue weighted by Gasteiger charge is -2.31. The Hall–Kier alpha value is -0.120. The van der Waals surface area contributed by atoms with E-state index >= 15 is 0 Å². The van der Waals surface area contributed by atoms with Crippen molar-refractivity contribution in [1.82, 2.24) is 4.90 Å². The van der Waals surface area contributed by atoms with Crippen molar-refractivity contribution in [2.45, 2.75) is 38.6 Å². The van der Waals surface area contributed by atoms with Crippen LogP contribution in [-0.2, 0) is 4.74 Å². The van der Waals surface area contributed by atoms with E-state index in [1.807, 2.05) is 0 Å². The molecule has 0 bridgehead atoms. The summed E-state index contributed by atoms with van der Waals surface area (Å²) < 4.78 is 5.37. The van der Waals surface area contributed by atoms with Gasteiger partial charge in [-0.2, -0.15) is 0 Å². The average Bonchev–Trinajstić information content (AvgIpc) is 2.27. The van der Waals surface area contributed by atoms with Gasteiger partial charge in [-0.1, -0.05) is 0 Å². The normalized spacial score (nSPS) is 20.8. The molecule has 0 radical (unpaired) electrons. The third kappa shape index (κ3) is 4.96. The maximum absolute atomic E-state index is 5.53. The van der Waals surface area contributed by atoms with Gasteiger partial charge in [0, 0.05) is 25.8 Å². The molecule has 2 N–H and O–H groups in total. The Balaban J connectivity index is 2.17. The summed E-state index contributed by atoms with van der Waals surface area (Å²) in [5, 5.41) is 0. The zero-order chi connectivity index (χ0) is 11.1. The molecule has 0 aromatic heterocycles. The molecule has 0 spiro atoms. The van der Waals surface area contributed by atoms with Gasteiger partial charge in [-0.3, -0.25) is 0 Å². The zero-order valence-corrected chi connectivity index (χ0v) is 10.2. The molecule has 1 atom stereocenters. The van der Waals surface area contributed by atoms with Crippen LogP contribution >= 0.6 is 0 Å². The summed E-state index contributed by atoms with van der Waals surface area (Å²) >= 11 is 0. The van der Waals surface area contributed by atoms with Crippen LogP contribution in [0.15, 0.2) is 0 Å². The number of ether oxygens (including phenoxy) is 1. The largest absolute Gasteiger partial charge is 0.381 e. The lowest BCUT2D eigenvalue weighted by Crippen LogP contribution is -2.35. The summed E-state index contributed by atoms with van der Waals surface area (Å²) in [4.78, 5) is 2.48. The molecule has 1 saturated heterocycles. The van der Waals surface area contributed by atoms with Crippen LogP contribution in [-0.4, -0.2) is 44.3 Å². The lowest BCUT2D eigenvalue weighted by molar-refractivity contribution is 0.0508. The summed E-state index contributed by atoms with van der Waals surface area (Å²) in [6.07, 6.45) is 4.82. The first-order valence-corrected chi connectivity index (χ1v) is 6.22. The summed E-state index contributed by atoms with van der Waals surface area (Å²) in [5.41, 5.74) is 5.53. The number of hydrogen-bond donors (Lipinski definition) is 1. The Morgan fingerprint density at radius 1 is 1.40 bits per heavy atom. The van der Waals surface area contributed by atoms with Gasteiger partial charge >= 0.3 is 0 Å². The van der Waals surface area contributed by atoms with Crippen LogP contribution in [0.4, 0.5) is 0 Å². The zero-order valence-electron chi connectivity index (χ0n) is 10.2. The highest BCUT2D eigenvalue weighted by Gasteiger charge is 2.18. The molecule has 0 aromatic rings. The van der Waals surface area contributed by atoms with E-state index in [1.165, 1.54) is 25.8 Å². The van der Waals surface area contributed by atoms with Crippen molar-refractivity contribution in [1.29, 1.82) is 0 Å². The van der Waals surface area contributed by atoms with Gasteiger partial charge in [-0.15, -0.1) is 0 Å². The van der Waals surface area contributed by atoms with Crippen molar-refractivity contribution in [2.75, 3.05) is 33.4 Å². The van der Waals surface area contributed by atoms with Crippen molar-refractivity contribution in [3.8, 4) is 0 Å². The second-order valence-electron chi connectivity index (χ2n) is 4.78. The maximum atomic E-state index is 5.53. The fraction of sp³-hybridized carbons (Fsp3) is 1.00. The molecule has 0 saturated carbocycles. The smallest absolute Gasteiger partial charge is 0.0469 e. The van der Waals surface area contributed by atoms with E-state index in [-0.39, 0.29) is 0 Å². The molecule has 3 nitrogen and oxygen atoms in total. The molecule has 1 aliphatic rings. The molecule has 0 amide bonds. The minimum atomic E-state index is 0.663. The van der Waals surface area contributed by atoms with E-state index in [2.05, 4.69) is 18.9 Å². The minimum absolute atomic E-state index is 0.663. The van der Waals surface area contributed by atoms with E-state index in [4.69, 9.17) is 10.5 Å². The standard InChI is InChI=1S/C12H26N2O/c1-11(4-3-7-13)14(2)10-12-5-8-15-9-6-12/h11-12H,3-10,13H2,1-2H3. The third-order valence-corrected chi connectivity index (χ3v) is 3.47. The predicted molar refractivity (Wildman–Crippen MR) is 63.9 cm³/mol. The number of hydrogen-bond acceptors (Lipinski definition) is 3. The SMILES string of the molecule is CC(CCCN)N(C)CC1CCOCC1. The first kappa shape index (κ1) is 12.9. The Labute approximate surface area is 94.0 Å². The van der Waals surface area contributed by atoms with E-state index in [1.54, 1.807) is 0 Å². The van der Waals surface area contributed by atoms with Crippen LogP contribution in [0.2, 0.25) is 0 Å². The van der Waals surface area contributed by atoms with Gasteiger partial charge in [0.1, 0.15) is 0 Å². The predicted octanol–water partition coefficient (Wildman–Crippen LogP) is 1.47. The van der Waals surface area contributed by atoms with Gasteiger partial charge in [0.15, 0.2) is 0 Å². The van der Waals surface area contributed by atoms with Gasteiger partial charge in [-0.05, 0) is 52.1 Å². The number of rotatable bonds is 6. The Morgan fingerprint density at radius 3 is 2.67 bits per heavy atom. The molecule has 0 aromatic carbocycles. The van der Waals surface area contributed by atoms with Crippen LogP contribution in [0.3, 0.4) is 0 Å². The van der Waals surface area contributed by atoms with E-state index in [0.717, 1.165) is 32.1 Å². The van der Waals surface area contributed by atoms with Gasteiger partial charge in [0.25, 0.3) is 0 Å². The van der Waals surface area contributed by atoms with Crippen molar-refractivity contribution >= 4 is 0 Å². The van der Waals surface area contributed by atoms with Gasteiger partial charge in [0.2, 0.25) is 0 Å². The fourth-order valence-corrected chi connectivity index (χ4v) is 2.15. The van der Waals surface area contributed by atoms with Gasteiger partial charge in [-0.25, -0.2) is 0 Å². The van der Waals surface area contributed by atoms with Crippen LogP contribution in [0.1, 0.15) is 32.6 Å². The Kier molecular flexibility index (Phi) is 6.22. The molecule has 1 fully saturated rings. The molecule has 1 unspecified atom stereocenters. The monoisotopic (exact) mass is 214 g/mol. The van der Waals surface area contributed by atoms with E-state index in [9.17, 15) is 0 Å². The first-order chi connectivity index (χ1) is 7.24. The molecular weight excluding hydrogens is 188 g/mol. The quantitative estimate of drug-likeness (QED) is 0.728.